The fourth-order valence-corrected chi connectivity index (χ4v) is 1.08. The summed E-state index contributed by atoms with van der Waals surface area (Å²) >= 11 is 0. The molecule has 0 radical (unpaired) electrons. The van der Waals surface area contributed by atoms with Gasteiger partial charge >= 0.3 is 5.97 Å². The van der Waals surface area contributed by atoms with E-state index < -0.39 is 0 Å². The standard InChI is InChI=1S/C12H20O2/c1-4-6-7-8-9-10-12(5-2)14-11(3)13/h4,6,9-10,12H,5,7-8H2,1-3H3. The van der Waals surface area contributed by atoms with Gasteiger partial charge < -0.3 is 4.74 Å². The van der Waals surface area contributed by atoms with Crippen molar-refractivity contribution in [3.05, 3.63) is 24.3 Å². The van der Waals surface area contributed by atoms with Gasteiger partial charge in [-0.05, 0) is 32.3 Å². The first kappa shape index (κ1) is 12.9. The molecule has 1 unspecified atom stereocenters. The second-order valence-electron chi connectivity index (χ2n) is 3.13. The van der Waals surface area contributed by atoms with Crippen molar-refractivity contribution < 1.29 is 9.53 Å². The van der Waals surface area contributed by atoms with Crippen molar-refractivity contribution in [2.45, 2.75) is 46.1 Å². The molecule has 0 fully saturated rings. The first-order valence-corrected chi connectivity index (χ1v) is 5.15. The number of ether oxygens (including phenoxy) is 1. The maximum atomic E-state index is 10.7. The molecule has 0 spiro atoms. The molecule has 0 rings (SSSR count). The fraction of sp³-hybridized carbons (Fsp3) is 0.583. The van der Waals surface area contributed by atoms with E-state index in [4.69, 9.17) is 4.74 Å². The molecule has 0 aliphatic rings. The number of allylic oxidation sites excluding steroid dienone is 3. The van der Waals surface area contributed by atoms with E-state index in [2.05, 4.69) is 12.2 Å². The van der Waals surface area contributed by atoms with Gasteiger partial charge in [-0.15, -0.1) is 0 Å². The first-order chi connectivity index (χ1) is 6.70. The van der Waals surface area contributed by atoms with Gasteiger partial charge in [0.15, 0.2) is 0 Å². The van der Waals surface area contributed by atoms with Gasteiger partial charge in [-0.2, -0.15) is 0 Å². The lowest BCUT2D eigenvalue weighted by molar-refractivity contribution is -0.144. The van der Waals surface area contributed by atoms with Gasteiger partial charge in [0.05, 0.1) is 0 Å². The molecule has 0 amide bonds. The quantitative estimate of drug-likeness (QED) is 0.370. The summed E-state index contributed by atoms with van der Waals surface area (Å²) < 4.78 is 5.06. The topological polar surface area (TPSA) is 26.3 Å². The van der Waals surface area contributed by atoms with E-state index in [-0.39, 0.29) is 12.1 Å². The SMILES string of the molecule is CC=CCCC=CC(CC)OC(C)=O. The highest BCUT2D eigenvalue weighted by molar-refractivity contribution is 5.66. The average Bonchev–Trinajstić information content (AvgIpc) is 2.15. The summed E-state index contributed by atoms with van der Waals surface area (Å²) in [5.41, 5.74) is 0. The normalized spacial score (nSPS) is 13.6. The summed E-state index contributed by atoms with van der Waals surface area (Å²) in [7, 11) is 0. The van der Waals surface area contributed by atoms with Crippen molar-refractivity contribution in [3.8, 4) is 0 Å². The van der Waals surface area contributed by atoms with Crippen molar-refractivity contribution in [2.75, 3.05) is 0 Å². The summed E-state index contributed by atoms with van der Waals surface area (Å²) in [6.45, 7) is 5.46. The fourth-order valence-electron chi connectivity index (χ4n) is 1.08. The van der Waals surface area contributed by atoms with E-state index in [0.717, 1.165) is 19.3 Å². The third kappa shape index (κ3) is 7.59. The minimum absolute atomic E-state index is 0.0573. The second kappa shape index (κ2) is 8.54. The minimum atomic E-state index is -0.213. The lowest BCUT2D eigenvalue weighted by atomic mass is 10.2. The van der Waals surface area contributed by atoms with Crippen LogP contribution in [0.4, 0.5) is 0 Å². The van der Waals surface area contributed by atoms with E-state index in [0.29, 0.717) is 0 Å². The van der Waals surface area contributed by atoms with Crippen LogP contribution in [0.2, 0.25) is 0 Å². The van der Waals surface area contributed by atoms with Crippen LogP contribution in [0.25, 0.3) is 0 Å². The Balaban J connectivity index is 3.74. The van der Waals surface area contributed by atoms with Crippen LogP contribution < -0.4 is 0 Å². The molecule has 2 nitrogen and oxygen atoms in total. The Hall–Kier alpha value is -1.05. The van der Waals surface area contributed by atoms with E-state index in [1.165, 1.54) is 6.92 Å². The lowest BCUT2D eigenvalue weighted by Gasteiger charge is -2.09. The van der Waals surface area contributed by atoms with Crippen LogP contribution in [0.15, 0.2) is 24.3 Å². The Morgan fingerprint density at radius 3 is 2.50 bits per heavy atom. The maximum Gasteiger partial charge on any atom is 0.303 e. The van der Waals surface area contributed by atoms with Gasteiger partial charge in [-0.25, -0.2) is 0 Å². The molecule has 0 saturated heterocycles. The number of hydrogen-bond acceptors (Lipinski definition) is 2. The van der Waals surface area contributed by atoms with Crippen LogP contribution in [0.5, 0.6) is 0 Å². The third-order valence-electron chi connectivity index (χ3n) is 1.81. The van der Waals surface area contributed by atoms with E-state index in [1.807, 2.05) is 26.0 Å². The highest BCUT2D eigenvalue weighted by atomic mass is 16.5. The van der Waals surface area contributed by atoms with Crippen LogP contribution in [0, 0.1) is 0 Å². The second-order valence-corrected chi connectivity index (χ2v) is 3.13. The van der Waals surface area contributed by atoms with Gasteiger partial charge in [0.2, 0.25) is 0 Å². The molecule has 2 heteroatoms. The molecule has 0 aromatic heterocycles. The summed E-state index contributed by atoms with van der Waals surface area (Å²) in [4.78, 5) is 10.7. The Bertz CT molecular complexity index is 204. The predicted molar refractivity (Wildman–Crippen MR) is 59.0 cm³/mol. The van der Waals surface area contributed by atoms with Crippen LogP contribution in [-0.2, 0) is 9.53 Å². The Labute approximate surface area is 86.6 Å². The minimum Gasteiger partial charge on any atom is -0.458 e. The van der Waals surface area contributed by atoms with Crippen LogP contribution >= 0.6 is 0 Å². The number of carbonyl (C=O) groups is 1. The van der Waals surface area contributed by atoms with Gasteiger partial charge in [-0.3, -0.25) is 4.79 Å². The maximum absolute atomic E-state index is 10.7. The molecule has 0 heterocycles. The highest BCUT2D eigenvalue weighted by Crippen LogP contribution is 2.02. The first-order valence-electron chi connectivity index (χ1n) is 5.15. The largest absolute Gasteiger partial charge is 0.458 e. The van der Waals surface area contributed by atoms with E-state index in [1.54, 1.807) is 0 Å². The molecule has 1 atom stereocenters. The van der Waals surface area contributed by atoms with Gasteiger partial charge in [0.25, 0.3) is 0 Å². The Morgan fingerprint density at radius 2 is 2.00 bits per heavy atom. The van der Waals surface area contributed by atoms with Crippen molar-refractivity contribution >= 4 is 5.97 Å². The molecular formula is C12H20O2. The summed E-state index contributed by atoms with van der Waals surface area (Å²) in [6.07, 6.45) is 11.0. The van der Waals surface area contributed by atoms with Gasteiger partial charge in [0, 0.05) is 6.92 Å². The molecule has 0 aliphatic carbocycles. The number of unbranched alkanes of at least 4 members (excludes halogenated alkanes) is 1. The zero-order valence-electron chi connectivity index (χ0n) is 9.32. The molecule has 80 valence electrons. The number of rotatable bonds is 6. The monoisotopic (exact) mass is 196 g/mol. The zero-order chi connectivity index (χ0) is 10.8. The average molecular weight is 196 g/mol. The van der Waals surface area contributed by atoms with Crippen molar-refractivity contribution in [1.82, 2.24) is 0 Å². The van der Waals surface area contributed by atoms with Crippen LogP contribution in [0.3, 0.4) is 0 Å². The van der Waals surface area contributed by atoms with Crippen LogP contribution in [0.1, 0.15) is 40.0 Å². The van der Waals surface area contributed by atoms with Crippen molar-refractivity contribution in [3.63, 3.8) is 0 Å². The highest BCUT2D eigenvalue weighted by Gasteiger charge is 2.03. The molecule has 0 aromatic rings. The Kier molecular flexibility index (Phi) is 7.90. The third-order valence-corrected chi connectivity index (χ3v) is 1.81. The van der Waals surface area contributed by atoms with Crippen LogP contribution in [-0.4, -0.2) is 12.1 Å². The molecule has 0 aromatic carbocycles. The molecule has 0 bridgehead atoms. The molecule has 0 N–H and O–H groups in total. The van der Waals surface area contributed by atoms with Gasteiger partial charge in [0.1, 0.15) is 6.10 Å². The smallest absolute Gasteiger partial charge is 0.303 e. The van der Waals surface area contributed by atoms with Crippen molar-refractivity contribution in [1.29, 1.82) is 0 Å². The molecule has 0 saturated carbocycles. The molecule has 0 aliphatic heterocycles. The zero-order valence-corrected chi connectivity index (χ0v) is 9.32. The summed E-state index contributed by atoms with van der Waals surface area (Å²) in [5, 5.41) is 0. The Morgan fingerprint density at radius 1 is 1.36 bits per heavy atom. The van der Waals surface area contributed by atoms with Gasteiger partial charge in [-0.1, -0.05) is 25.2 Å². The summed E-state index contributed by atoms with van der Waals surface area (Å²) in [6, 6.07) is 0. The lowest BCUT2D eigenvalue weighted by Crippen LogP contribution is -2.11. The van der Waals surface area contributed by atoms with E-state index >= 15 is 0 Å². The van der Waals surface area contributed by atoms with Crippen molar-refractivity contribution in [2.24, 2.45) is 0 Å². The number of hydrogen-bond donors (Lipinski definition) is 0. The van der Waals surface area contributed by atoms with E-state index in [9.17, 15) is 4.79 Å². The predicted octanol–water partition coefficient (Wildman–Crippen LogP) is 3.24. The summed E-state index contributed by atoms with van der Waals surface area (Å²) in [5.74, 6) is -0.213. The molecule has 14 heavy (non-hydrogen) atoms. The number of carbonyl (C=O) groups excluding carboxylic acids is 1. The number of esters is 1. The molecular weight excluding hydrogens is 176 g/mol.